The van der Waals surface area contributed by atoms with Crippen LogP contribution >= 0.6 is 0 Å². The lowest BCUT2D eigenvalue weighted by Gasteiger charge is -2.13. The van der Waals surface area contributed by atoms with E-state index in [2.05, 4.69) is 39.8 Å². The zero-order valence-corrected chi connectivity index (χ0v) is 10.4. The predicted molar refractivity (Wildman–Crippen MR) is 67.2 cm³/mol. The molecule has 1 aromatic carbocycles. The first-order chi connectivity index (χ1) is 6.93. The van der Waals surface area contributed by atoms with Crippen molar-refractivity contribution in [2.75, 3.05) is 0 Å². The summed E-state index contributed by atoms with van der Waals surface area (Å²) in [6.45, 7) is 16.3. The first kappa shape index (κ1) is 12.0. The summed E-state index contributed by atoms with van der Waals surface area (Å²) in [4.78, 5) is 0. The zero-order valence-electron chi connectivity index (χ0n) is 10.4. The van der Waals surface area contributed by atoms with Crippen LogP contribution in [0.1, 0.15) is 34.7 Å². The van der Waals surface area contributed by atoms with Crippen LogP contribution < -0.4 is 0 Å². The minimum Gasteiger partial charge on any atom is -0.0809 e. The molecule has 0 saturated carbocycles. The van der Waals surface area contributed by atoms with E-state index in [1.165, 1.54) is 27.8 Å². The third kappa shape index (κ3) is 2.71. The third-order valence-electron chi connectivity index (χ3n) is 3.14. The molecule has 0 heteroatoms. The summed E-state index contributed by atoms with van der Waals surface area (Å²) in [7, 11) is 0. The monoisotopic (exact) mass is 200 g/mol. The summed E-state index contributed by atoms with van der Waals surface area (Å²) in [5.74, 6) is 0. The molecular weight excluding hydrogens is 180 g/mol. The van der Waals surface area contributed by atoms with Crippen LogP contribution in [-0.4, -0.2) is 0 Å². The van der Waals surface area contributed by atoms with Crippen LogP contribution in [0.15, 0.2) is 17.7 Å². The third-order valence-corrected chi connectivity index (χ3v) is 3.14. The molecule has 15 heavy (non-hydrogen) atoms. The standard InChI is InChI=1S/C15H20/c1-10(2)7-8-15-12(4)9-11(3)13(5)14(15)6/h1,7,9H,8H2,2-6H3/b10-7-. The largest absolute Gasteiger partial charge is 0.0809 e. The lowest BCUT2D eigenvalue weighted by atomic mass is 9.92. The summed E-state index contributed by atoms with van der Waals surface area (Å²) in [5.41, 5.74) is 7.87. The van der Waals surface area contributed by atoms with Crippen LogP contribution in [0.2, 0.25) is 0 Å². The van der Waals surface area contributed by atoms with Gasteiger partial charge in [-0.25, -0.2) is 0 Å². The van der Waals surface area contributed by atoms with Crippen molar-refractivity contribution in [3.05, 3.63) is 52.5 Å². The molecule has 0 heterocycles. The van der Waals surface area contributed by atoms with Crippen molar-refractivity contribution >= 4 is 0 Å². The van der Waals surface area contributed by atoms with Crippen LogP contribution in [0.25, 0.3) is 0 Å². The highest BCUT2D eigenvalue weighted by atomic mass is 14.1. The van der Waals surface area contributed by atoms with Gasteiger partial charge in [-0.15, -0.1) is 0 Å². The van der Waals surface area contributed by atoms with Gasteiger partial charge in [0.2, 0.25) is 0 Å². The minimum absolute atomic E-state index is 0.895. The quantitative estimate of drug-likeness (QED) is 0.673. The number of hydrogen-bond donors (Lipinski definition) is 0. The Balaban J connectivity index is 3.18. The number of allylic oxidation sites excluding steroid dienone is 2. The highest BCUT2D eigenvalue weighted by Gasteiger charge is 2.06. The second-order valence-electron chi connectivity index (χ2n) is 4.39. The van der Waals surface area contributed by atoms with Crippen molar-refractivity contribution in [3.8, 4) is 0 Å². The van der Waals surface area contributed by atoms with E-state index in [0.29, 0.717) is 0 Å². The van der Waals surface area contributed by atoms with Crippen LogP contribution in [0.4, 0.5) is 0 Å². The molecule has 0 fully saturated rings. The second kappa shape index (κ2) is 4.65. The minimum atomic E-state index is 0.895. The molecule has 0 aliphatic rings. The predicted octanol–water partition coefficient (Wildman–Crippen LogP) is 4.12. The van der Waals surface area contributed by atoms with Gasteiger partial charge in [0.15, 0.2) is 0 Å². The van der Waals surface area contributed by atoms with Gasteiger partial charge in [0.1, 0.15) is 0 Å². The maximum absolute atomic E-state index is 5.67. The van der Waals surface area contributed by atoms with E-state index in [0.717, 1.165) is 12.0 Å². The number of aryl methyl sites for hydroxylation is 2. The molecule has 0 spiro atoms. The maximum Gasteiger partial charge on any atom is -0.00629 e. The Labute approximate surface area is 94.0 Å². The summed E-state index contributed by atoms with van der Waals surface area (Å²) in [5, 5.41) is 0. The highest BCUT2D eigenvalue weighted by molar-refractivity contribution is 5.44. The molecule has 0 N–H and O–H groups in total. The highest BCUT2D eigenvalue weighted by Crippen LogP contribution is 2.22. The Hall–Kier alpha value is -1.04. The number of benzene rings is 1. The lowest BCUT2D eigenvalue weighted by Crippen LogP contribution is -1.98. The molecule has 2 radical (unpaired) electrons. The van der Waals surface area contributed by atoms with Gasteiger partial charge in [-0.1, -0.05) is 17.7 Å². The van der Waals surface area contributed by atoms with Gasteiger partial charge in [-0.2, -0.15) is 0 Å². The molecule has 0 aliphatic carbocycles. The molecule has 0 bridgehead atoms. The van der Waals surface area contributed by atoms with Gasteiger partial charge in [0.25, 0.3) is 0 Å². The lowest BCUT2D eigenvalue weighted by molar-refractivity contribution is 1.11. The molecule has 0 unspecified atom stereocenters. The molecule has 0 amide bonds. The SMILES string of the molecule is [CH]/C(C)=C/Cc1c(C)cc(C)c(C)c1C. The topological polar surface area (TPSA) is 0 Å². The summed E-state index contributed by atoms with van der Waals surface area (Å²) in [6.07, 6.45) is 3.03. The Morgan fingerprint density at radius 1 is 1.13 bits per heavy atom. The molecule has 80 valence electrons. The fourth-order valence-electron chi connectivity index (χ4n) is 1.92. The molecule has 0 atom stereocenters. The van der Waals surface area contributed by atoms with E-state index in [-0.39, 0.29) is 0 Å². The number of hydrogen-bond acceptors (Lipinski definition) is 0. The second-order valence-corrected chi connectivity index (χ2v) is 4.39. The average Bonchev–Trinajstić information content (AvgIpc) is 2.14. The van der Waals surface area contributed by atoms with E-state index in [4.69, 9.17) is 6.92 Å². The molecule has 0 aromatic heterocycles. The van der Waals surface area contributed by atoms with Gasteiger partial charge in [0, 0.05) is 0 Å². The fourth-order valence-corrected chi connectivity index (χ4v) is 1.92. The van der Waals surface area contributed by atoms with Gasteiger partial charge in [-0.3, -0.25) is 0 Å². The smallest absolute Gasteiger partial charge is 0.00629 e. The Bertz CT molecular complexity index is 391. The van der Waals surface area contributed by atoms with Crippen molar-refractivity contribution in [3.63, 3.8) is 0 Å². The van der Waals surface area contributed by atoms with Crippen molar-refractivity contribution < 1.29 is 0 Å². The molecule has 0 saturated heterocycles. The Kier molecular flexibility index (Phi) is 3.73. The average molecular weight is 200 g/mol. The first-order valence-electron chi connectivity index (χ1n) is 5.42. The molecule has 0 aliphatic heterocycles. The van der Waals surface area contributed by atoms with E-state index < -0.39 is 0 Å². The van der Waals surface area contributed by atoms with Crippen LogP contribution in [0.3, 0.4) is 0 Å². The van der Waals surface area contributed by atoms with Crippen LogP contribution in [-0.2, 0) is 6.42 Å². The summed E-state index contributed by atoms with van der Waals surface area (Å²) >= 11 is 0. The van der Waals surface area contributed by atoms with Crippen molar-refractivity contribution in [1.82, 2.24) is 0 Å². The fraction of sp³-hybridized carbons (Fsp3) is 0.400. The first-order valence-corrected chi connectivity index (χ1v) is 5.42. The van der Waals surface area contributed by atoms with Crippen LogP contribution in [0.5, 0.6) is 0 Å². The van der Waals surface area contributed by atoms with Gasteiger partial charge < -0.3 is 0 Å². The van der Waals surface area contributed by atoms with Gasteiger partial charge in [0.05, 0.1) is 0 Å². The Morgan fingerprint density at radius 3 is 2.27 bits per heavy atom. The number of rotatable bonds is 2. The summed E-state index contributed by atoms with van der Waals surface area (Å²) in [6, 6.07) is 2.26. The van der Waals surface area contributed by atoms with E-state index in [1.54, 1.807) is 0 Å². The molecule has 0 nitrogen and oxygen atoms in total. The molecular formula is C15H20. The Morgan fingerprint density at radius 2 is 1.73 bits per heavy atom. The molecule has 1 aromatic rings. The van der Waals surface area contributed by atoms with Crippen molar-refractivity contribution in [2.24, 2.45) is 0 Å². The van der Waals surface area contributed by atoms with E-state index >= 15 is 0 Å². The van der Waals surface area contributed by atoms with Crippen molar-refractivity contribution in [1.29, 1.82) is 0 Å². The summed E-state index contributed by atoms with van der Waals surface area (Å²) < 4.78 is 0. The van der Waals surface area contributed by atoms with Gasteiger partial charge in [-0.05, 0) is 75.8 Å². The van der Waals surface area contributed by atoms with E-state index in [1.807, 2.05) is 6.92 Å². The van der Waals surface area contributed by atoms with E-state index in [9.17, 15) is 0 Å². The maximum atomic E-state index is 5.67. The van der Waals surface area contributed by atoms with Crippen molar-refractivity contribution in [2.45, 2.75) is 41.0 Å². The normalized spacial score (nSPS) is 12.0. The van der Waals surface area contributed by atoms with Crippen LogP contribution in [0, 0.1) is 34.6 Å². The molecule has 1 rings (SSSR count). The van der Waals surface area contributed by atoms with Gasteiger partial charge >= 0.3 is 0 Å². The zero-order chi connectivity index (χ0) is 11.6.